The predicted molar refractivity (Wildman–Crippen MR) is 134 cm³/mol. The summed E-state index contributed by atoms with van der Waals surface area (Å²) in [6, 6.07) is 11.5. The first-order valence-electron chi connectivity index (χ1n) is 10.7. The van der Waals surface area contributed by atoms with Gasteiger partial charge in [-0.3, -0.25) is 9.79 Å². The number of carbonyl (C=O) groups is 1. The lowest BCUT2D eigenvalue weighted by Crippen LogP contribution is -2.62. The molecule has 1 fully saturated rings. The van der Waals surface area contributed by atoms with Crippen LogP contribution in [0, 0.1) is 0 Å². The van der Waals surface area contributed by atoms with E-state index in [1.807, 2.05) is 36.4 Å². The second kappa shape index (κ2) is 9.87. The zero-order valence-corrected chi connectivity index (χ0v) is 20.1. The van der Waals surface area contributed by atoms with Crippen LogP contribution < -0.4 is 20.9 Å². The van der Waals surface area contributed by atoms with E-state index in [1.165, 1.54) is 6.92 Å². The van der Waals surface area contributed by atoms with Crippen molar-refractivity contribution in [1.82, 2.24) is 10.6 Å². The van der Waals surface area contributed by atoms with Crippen molar-refractivity contribution in [1.29, 1.82) is 0 Å². The van der Waals surface area contributed by atoms with E-state index in [2.05, 4.69) is 20.9 Å². The van der Waals surface area contributed by atoms with E-state index in [4.69, 9.17) is 39.8 Å². The molecule has 0 unspecified atom stereocenters. The fraction of sp³-hybridized carbons (Fsp3) is 0.391. The van der Waals surface area contributed by atoms with Gasteiger partial charge in [0.15, 0.2) is 0 Å². The lowest BCUT2D eigenvalue weighted by Gasteiger charge is -2.49. The molecule has 4 rings (SSSR count). The van der Waals surface area contributed by atoms with Gasteiger partial charge in [-0.05, 0) is 55.8 Å². The van der Waals surface area contributed by atoms with Crippen LogP contribution in [-0.2, 0) is 11.3 Å². The molecule has 6 nitrogen and oxygen atoms in total. The second-order valence-electron chi connectivity index (χ2n) is 8.14. The van der Waals surface area contributed by atoms with E-state index >= 15 is 0 Å². The highest BCUT2D eigenvalue weighted by atomic mass is 35.5. The van der Waals surface area contributed by atoms with Crippen molar-refractivity contribution < 1.29 is 4.79 Å². The smallest absolute Gasteiger partial charge is 0.216 e. The molecule has 2 heterocycles. The van der Waals surface area contributed by atoms with Crippen molar-refractivity contribution in [2.45, 2.75) is 31.8 Å². The normalized spacial score (nSPS) is 18.4. The standard InChI is InChI=1S/C23H26Cl3N5O/c1-15(32)28-9-10-31-21-13-19(26)18(25)12-20(21)30-23(5-7-27-8-6-23)22(31)29-14-16-3-2-4-17(24)11-16/h2-4,11-13,27,30H,5-10,14H2,1H3,(H,28,32)/b29-22+. The molecule has 1 spiro atoms. The monoisotopic (exact) mass is 493 g/mol. The van der Waals surface area contributed by atoms with Crippen LogP contribution in [0.1, 0.15) is 25.3 Å². The van der Waals surface area contributed by atoms with Crippen LogP contribution in [0.3, 0.4) is 0 Å². The van der Waals surface area contributed by atoms with Gasteiger partial charge < -0.3 is 20.9 Å². The van der Waals surface area contributed by atoms with Crippen molar-refractivity contribution in [2.24, 2.45) is 4.99 Å². The highest BCUT2D eigenvalue weighted by Crippen LogP contribution is 2.43. The molecule has 170 valence electrons. The van der Waals surface area contributed by atoms with Gasteiger partial charge >= 0.3 is 0 Å². The Kier molecular flexibility index (Phi) is 7.15. The maximum absolute atomic E-state index is 11.5. The van der Waals surface area contributed by atoms with Crippen LogP contribution >= 0.6 is 34.8 Å². The van der Waals surface area contributed by atoms with Gasteiger partial charge in [-0.1, -0.05) is 46.9 Å². The third kappa shape index (κ3) is 4.99. The largest absolute Gasteiger partial charge is 0.371 e. The molecule has 2 aliphatic heterocycles. The van der Waals surface area contributed by atoms with Gasteiger partial charge in [-0.2, -0.15) is 0 Å². The molecule has 1 amide bonds. The zero-order chi connectivity index (χ0) is 22.7. The molecule has 3 N–H and O–H groups in total. The number of piperidine rings is 1. The maximum atomic E-state index is 11.5. The number of anilines is 2. The number of aliphatic imine (C=N–C) groups is 1. The van der Waals surface area contributed by atoms with E-state index in [1.54, 1.807) is 0 Å². The zero-order valence-electron chi connectivity index (χ0n) is 17.9. The van der Waals surface area contributed by atoms with E-state index in [0.717, 1.165) is 48.7 Å². The Bertz CT molecular complexity index is 1040. The van der Waals surface area contributed by atoms with Gasteiger partial charge in [-0.15, -0.1) is 0 Å². The van der Waals surface area contributed by atoms with Gasteiger partial charge in [-0.25, -0.2) is 0 Å². The van der Waals surface area contributed by atoms with Crippen LogP contribution in [-0.4, -0.2) is 43.5 Å². The Labute approximate surface area is 203 Å². The van der Waals surface area contributed by atoms with Crippen LogP contribution in [0.2, 0.25) is 15.1 Å². The number of benzene rings is 2. The Morgan fingerprint density at radius 1 is 1.16 bits per heavy atom. The molecular weight excluding hydrogens is 469 g/mol. The van der Waals surface area contributed by atoms with Crippen LogP contribution in [0.25, 0.3) is 0 Å². The Morgan fingerprint density at radius 2 is 1.91 bits per heavy atom. The van der Waals surface area contributed by atoms with Crippen molar-refractivity contribution in [2.75, 3.05) is 36.4 Å². The fourth-order valence-corrected chi connectivity index (χ4v) is 4.89. The van der Waals surface area contributed by atoms with Gasteiger partial charge in [0.05, 0.1) is 33.5 Å². The van der Waals surface area contributed by atoms with Gasteiger partial charge in [0.1, 0.15) is 5.84 Å². The summed E-state index contributed by atoms with van der Waals surface area (Å²) in [5.74, 6) is 0.874. The molecule has 0 aliphatic carbocycles. The van der Waals surface area contributed by atoms with Gasteiger partial charge in [0.2, 0.25) is 5.91 Å². The summed E-state index contributed by atoms with van der Waals surface area (Å²) in [5.41, 5.74) is 2.52. The first-order chi connectivity index (χ1) is 15.4. The van der Waals surface area contributed by atoms with Gasteiger partial charge in [0, 0.05) is 25.0 Å². The summed E-state index contributed by atoms with van der Waals surface area (Å²) in [4.78, 5) is 18.8. The average Bonchev–Trinajstić information content (AvgIpc) is 2.75. The number of nitrogens with zero attached hydrogens (tertiary/aromatic N) is 2. The summed E-state index contributed by atoms with van der Waals surface area (Å²) < 4.78 is 0. The molecule has 2 aliphatic rings. The van der Waals surface area contributed by atoms with E-state index < -0.39 is 0 Å². The number of amides is 1. The minimum Gasteiger partial charge on any atom is -0.371 e. The van der Waals surface area contributed by atoms with Gasteiger partial charge in [0.25, 0.3) is 0 Å². The number of carbonyl (C=O) groups excluding carboxylic acids is 1. The Hall–Kier alpha value is -1.99. The van der Waals surface area contributed by atoms with Crippen LogP contribution in [0.5, 0.6) is 0 Å². The first kappa shape index (κ1) is 23.2. The fourth-order valence-electron chi connectivity index (χ4n) is 4.36. The van der Waals surface area contributed by atoms with Crippen LogP contribution in [0.15, 0.2) is 41.4 Å². The van der Waals surface area contributed by atoms with Crippen LogP contribution in [0.4, 0.5) is 11.4 Å². The number of rotatable bonds is 5. The third-order valence-corrected chi connectivity index (χ3v) is 6.81. The molecule has 0 bridgehead atoms. The topological polar surface area (TPSA) is 68.8 Å². The Balaban J connectivity index is 1.78. The summed E-state index contributed by atoms with van der Waals surface area (Å²) >= 11 is 18.9. The minimum absolute atomic E-state index is 0.0662. The lowest BCUT2D eigenvalue weighted by atomic mass is 9.83. The predicted octanol–water partition coefficient (Wildman–Crippen LogP) is 4.74. The molecule has 0 aromatic heterocycles. The summed E-state index contributed by atoms with van der Waals surface area (Å²) in [6.07, 6.45) is 1.75. The maximum Gasteiger partial charge on any atom is 0.216 e. The minimum atomic E-state index is -0.343. The van der Waals surface area contributed by atoms with Crippen molar-refractivity contribution in [3.8, 4) is 0 Å². The average molecular weight is 495 g/mol. The van der Waals surface area contributed by atoms with E-state index in [9.17, 15) is 4.79 Å². The molecule has 2 aromatic rings. The van der Waals surface area contributed by atoms with E-state index in [0.29, 0.717) is 34.7 Å². The first-order valence-corrected chi connectivity index (χ1v) is 11.8. The molecule has 32 heavy (non-hydrogen) atoms. The molecule has 2 aromatic carbocycles. The number of hydrogen-bond acceptors (Lipinski definition) is 4. The van der Waals surface area contributed by atoms with Crippen molar-refractivity contribution in [3.05, 3.63) is 57.0 Å². The SMILES string of the molecule is CC(=O)NCCN1/C(=N/Cc2cccc(Cl)c2)C2(CCNCC2)Nc2cc(Cl)c(Cl)cc21. The number of halogens is 3. The second-order valence-corrected chi connectivity index (χ2v) is 9.40. The number of hydrogen-bond donors (Lipinski definition) is 3. The summed E-state index contributed by atoms with van der Waals surface area (Å²) in [7, 11) is 0. The highest BCUT2D eigenvalue weighted by Gasteiger charge is 2.44. The summed E-state index contributed by atoms with van der Waals surface area (Å²) in [5, 5.41) is 11.7. The lowest BCUT2D eigenvalue weighted by molar-refractivity contribution is -0.118. The molecule has 0 atom stereocenters. The van der Waals surface area contributed by atoms with Crippen molar-refractivity contribution in [3.63, 3.8) is 0 Å². The molecule has 0 radical (unpaired) electrons. The number of nitrogens with one attached hydrogen (secondary N) is 3. The van der Waals surface area contributed by atoms with E-state index in [-0.39, 0.29) is 11.4 Å². The summed E-state index contributed by atoms with van der Waals surface area (Å²) in [6.45, 7) is 4.82. The Morgan fingerprint density at radius 3 is 2.62 bits per heavy atom. The highest BCUT2D eigenvalue weighted by molar-refractivity contribution is 6.42. The molecule has 1 saturated heterocycles. The van der Waals surface area contributed by atoms with Crippen molar-refractivity contribution >= 4 is 57.9 Å². The number of amidine groups is 1. The number of fused-ring (bicyclic) bond motifs is 1. The molecular formula is C23H26Cl3N5O. The molecule has 0 saturated carbocycles. The quantitative estimate of drug-likeness (QED) is 0.562. The molecule has 9 heteroatoms. The third-order valence-electron chi connectivity index (χ3n) is 5.85.